The van der Waals surface area contributed by atoms with Crippen LogP contribution in [0.2, 0.25) is 0 Å². The van der Waals surface area contributed by atoms with Gasteiger partial charge in [0.25, 0.3) is 17.4 Å². The maximum absolute atomic E-state index is 12.8. The van der Waals surface area contributed by atoms with Gasteiger partial charge in [-0.05, 0) is 37.3 Å². The fourth-order valence-electron chi connectivity index (χ4n) is 2.02. The number of carbonyl (C=O) groups is 2. The van der Waals surface area contributed by atoms with Gasteiger partial charge in [-0.3, -0.25) is 25.2 Å². The first-order valence-corrected chi connectivity index (χ1v) is 7.85. The molecule has 1 aromatic carbocycles. The molecule has 0 fully saturated rings. The highest BCUT2D eigenvalue weighted by Crippen LogP contribution is 2.27. The minimum absolute atomic E-state index is 0.214. The minimum Gasteiger partial charge on any atom is -0.481 e. The smallest absolute Gasteiger partial charge is 0.417 e. The van der Waals surface area contributed by atoms with Crippen LogP contribution in [0.25, 0.3) is 0 Å². The first kappa shape index (κ1) is 20.9. The van der Waals surface area contributed by atoms with Crippen LogP contribution in [0, 0.1) is 5.82 Å². The molecule has 0 aliphatic heterocycles. The molecular formula is C17H15F4N3O4. The number of pyridine rings is 1. The van der Waals surface area contributed by atoms with E-state index in [0.717, 1.165) is 12.1 Å². The summed E-state index contributed by atoms with van der Waals surface area (Å²) in [6, 6.07) is 6.17. The Morgan fingerprint density at radius 2 is 1.75 bits per heavy atom. The molecule has 0 spiro atoms. The van der Waals surface area contributed by atoms with Gasteiger partial charge in [0, 0.05) is 12.3 Å². The van der Waals surface area contributed by atoms with Crippen LogP contribution in [-0.2, 0) is 22.3 Å². The van der Waals surface area contributed by atoms with Crippen molar-refractivity contribution in [2.75, 3.05) is 0 Å². The molecule has 0 saturated carbocycles. The number of hydrogen-bond donors (Lipinski definition) is 2. The van der Waals surface area contributed by atoms with Crippen LogP contribution < -0.4 is 21.1 Å². The normalized spacial score (nSPS) is 12.2. The Hall–Kier alpha value is -3.37. The maximum atomic E-state index is 12.8. The topological polar surface area (TPSA) is 89.4 Å². The molecule has 2 aromatic rings. The number of halogens is 4. The summed E-state index contributed by atoms with van der Waals surface area (Å²) in [5.41, 5.74) is 2.09. The Morgan fingerprint density at radius 3 is 2.36 bits per heavy atom. The molecule has 0 radical (unpaired) electrons. The van der Waals surface area contributed by atoms with Crippen LogP contribution in [0.1, 0.15) is 12.5 Å². The van der Waals surface area contributed by atoms with Crippen molar-refractivity contribution in [3.8, 4) is 5.75 Å². The Labute approximate surface area is 155 Å². The standard InChI is InChI=1S/C17H15F4N3O4/c1-10(28-13-5-3-12(18)4-6-13)16(27)23-22-14(25)9-24-8-11(17(19,20)21)2-7-15(24)26/h2-8,10H,9H2,1H3,(H,22,25)(H,23,27)/t10-/m1/s1. The van der Waals surface area contributed by atoms with Crippen molar-refractivity contribution in [3.63, 3.8) is 0 Å². The van der Waals surface area contributed by atoms with Gasteiger partial charge in [-0.2, -0.15) is 13.2 Å². The van der Waals surface area contributed by atoms with Gasteiger partial charge in [-0.25, -0.2) is 4.39 Å². The number of nitrogens with zero attached hydrogens (tertiary/aromatic N) is 1. The number of benzene rings is 1. The average Bonchev–Trinajstić information content (AvgIpc) is 2.62. The van der Waals surface area contributed by atoms with Gasteiger partial charge < -0.3 is 9.30 Å². The number of carbonyl (C=O) groups excluding carboxylic acids is 2. The summed E-state index contributed by atoms with van der Waals surface area (Å²) in [5, 5.41) is 0. The zero-order valence-corrected chi connectivity index (χ0v) is 14.4. The molecule has 0 aliphatic rings. The summed E-state index contributed by atoms with van der Waals surface area (Å²) in [7, 11) is 0. The Balaban J connectivity index is 1.90. The molecule has 1 atom stereocenters. The first-order chi connectivity index (χ1) is 13.1. The molecule has 0 saturated heterocycles. The van der Waals surface area contributed by atoms with Gasteiger partial charge in [-0.1, -0.05) is 0 Å². The maximum Gasteiger partial charge on any atom is 0.417 e. The van der Waals surface area contributed by atoms with Crippen LogP contribution in [0.3, 0.4) is 0 Å². The second-order valence-corrected chi connectivity index (χ2v) is 5.63. The average molecular weight is 401 g/mol. The molecule has 2 rings (SSSR count). The van der Waals surface area contributed by atoms with Crippen molar-refractivity contribution < 1.29 is 31.9 Å². The Morgan fingerprint density at radius 1 is 1.11 bits per heavy atom. The number of ether oxygens (including phenoxy) is 1. The van der Waals surface area contributed by atoms with E-state index in [9.17, 15) is 31.9 Å². The summed E-state index contributed by atoms with van der Waals surface area (Å²) in [5.74, 6) is -1.97. The lowest BCUT2D eigenvalue weighted by Gasteiger charge is -2.15. The predicted octanol–water partition coefficient (Wildman–Crippen LogP) is 1.62. The largest absolute Gasteiger partial charge is 0.481 e. The molecule has 0 unspecified atom stereocenters. The number of aromatic nitrogens is 1. The predicted molar refractivity (Wildman–Crippen MR) is 88.5 cm³/mol. The molecule has 150 valence electrons. The van der Waals surface area contributed by atoms with E-state index in [4.69, 9.17) is 4.74 Å². The summed E-state index contributed by atoms with van der Waals surface area (Å²) in [6.45, 7) is 0.623. The van der Waals surface area contributed by atoms with Crippen LogP contribution in [0.15, 0.2) is 47.4 Å². The zero-order chi connectivity index (χ0) is 20.9. The zero-order valence-electron chi connectivity index (χ0n) is 14.4. The van der Waals surface area contributed by atoms with Crippen molar-refractivity contribution in [3.05, 3.63) is 64.3 Å². The van der Waals surface area contributed by atoms with E-state index in [1.807, 2.05) is 10.9 Å². The molecule has 7 nitrogen and oxygen atoms in total. The molecular weight excluding hydrogens is 386 g/mol. The molecule has 1 aromatic heterocycles. The highest BCUT2D eigenvalue weighted by Gasteiger charge is 2.31. The number of alkyl halides is 3. The van der Waals surface area contributed by atoms with E-state index < -0.39 is 47.6 Å². The van der Waals surface area contributed by atoms with Gasteiger partial charge in [-0.15, -0.1) is 0 Å². The van der Waals surface area contributed by atoms with Crippen LogP contribution in [0.5, 0.6) is 5.75 Å². The Bertz CT molecular complexity index is 910. The highest BCUT2D eigenvalue weighted by molar-refractivity contribution is 5.84. The highest BCUT2D eigenvalue weighted by atomic mass is 19.4. The van der Waals surface area contributed by atoms with E-state index in [2.05, 4.69) is 0 Å². The third kappa shape index (κ3) is 5.83. The molecule has 11 heteroatoms. The van der Waals surface area contributed by atoms with Crippen molar-refractivity contribution in [1.82, 2.24) is 15.4 Å². The van der Waals surface area contributed by atoms with Gasteiger partial charge in [0.05, 0.1) is 5.56 Å². The fraction of sp³-hybridized carbons (Fsp3) is 0.235. The summed E-state index contributed by atoms with van der Waals surface area (Å²) >= 11 is 0. The van der Waals surface area contributed by atoms with E-state index in [0.29, 0.717) is 22.9 Å². The van der Waals surface area contributed by atoms with Gasteiger partial charge in [0.15, 0.2) is 6.10 Å². The SMILES string of the molecule is C[C@@H](Oc1ccc(F)cc1)C(=O)NNC(=O)Cn1cc(C(F)(F)F)ccc1=O. The van der Waals surface area contributed by atoms with Gasteiger partial charge in [0.1, 0.15) is 18.1 Å². The number of rotatable bonds is 5. The van der Waals surface area contributed by atoms with Crippen molar-refractivity contribution >= 4 is 11.8 Å². The van der Waals surface area contributed by atoms with Crippen molar-refractivity contribution in [2.45, 2.75) is 25.7 Å². The first-order valence-electron chi connectivity index (χ1n) is 7.85. The number of hydrogen-bond acceptors (Lipinski definition) is 4. The summed E-state index contributed by atoms with van der Waals surface area (Å²) in [4.78, 5) is 35.3. The second kappa shape index (κ2) is 8.55. The van der Waals surface area contributed by atoms with E-state index >= 15 is 0 Å². The van der Waals surface area contributed by atoms with Crippen molar-refractivity contribution in [2.24, 2.45) is 0 Å². The van der Waals surface area contributed by atoms with Crippen molar-refractivity contribution in [1.29, 1.82) is 0 Å². The van der Waals surface area contributed by atoms with E-state index in [1.54, 1.807) is 0 Å². The molecule has 28 heavy (non-hydrogen) atoms. The monoisotopic (exact) mass is 401 g/mol. The Kier molecular flexibility index (Phi) is 6.39. The lowest BCUT2D eigenvalue weighted by atomic mass is 10.3. The molecule has 0 bridgehead atoms. The quantitative estimate of drug-likeness (QED) is 0.589. The number of amides is 2. The lowest BCUT2D eigenvalue weighted by molar-refractivity contribution is -0.138. The lowest BCUT2D eigenvalue weighted by Crippen LogP contribution is -2.48. The second-order valence-electron chi connectivity index (χ2n) is 5.63. The van der Waals surface area contributed by atoms with E-state index in [1.165, 1.54) is 19.1 Å². The van der Waals surface area contributed by atoms with Gasteiger partial charge >= 0.3 is 6.18 Å². The molecule has 2 amide bonds. The summed E-state index contributed by atoms with van der Waals surface area (Å²) in [6.07, 6.45) is -5.24. The third-order valence-electron chi connectivity index (χ3n) is 3.45. The molecule has 0 aliphatic carbocycles. The van der Waals surface area contributed by atoms with Crippen LogP contribution in [-0.4, -0.2) is 22.5 Å². The fourth-order valence-corrected chi connectivity index (χ4v) is 2.02. The molecule has 2 N–H and O–H groups in total. The minimum atomic E-state index is -4.67. The van der Waals surface area contributed by atoms with Crippen LogP contribution >= 0.6 is 0 Å². The number of hydrazine groups is 1. The third-order valence-corrected chi connectivity index (χ3v) is 3.45. The summed E-state index contributed by atoms with van der Waals surface area (Å²) < 4.78 is 56.6. The molecule has 1 heterocycles. The van der Waals surface area contributed by atoms with E-state index in [-0.39, 0.29) is 5.75 Å². The van der Waals surface area contributed by atoms with Crippen LogP contribution in [0.4, 0.5) is 17.6 Å². The number of nitrogens with one attached hydrogen (secondary N) is 2. The van der Waals surface area contributed by atoms with Gasteiger partial charge in [0.2, 0.25) is 0 Å².